The number of methoxy groups -OCH3 is 2. The molecule has 0 atom stereocenters. The second kappa shape index (κ2) is 9.56. The zero-order valence-electron chi connectivity index (χ0n) is 15.8. The first-order chi connectivity index (χ1) is 12.5. The van der Waals surface area contributed by atoms with E-state index in [0.29, 0.717) is 31.0 Å². The highest BCUT2D eigenvalue weighted by Gasteiger charge is 2.06. The number of carbonyl (C=O) groups is 1. The standard InChI is InChI=1S/C20H27N3O3/c1-23(2)17-8-6-16(7-9-17)21-12-11-20(24)22-14-15-5-10-18(25-3)19(13-15)26-4/h5-10,13,21H,11-12,14H2,1-4H3,(H,22,24). The SMILES string of the molecule is COc1ccc(CNC(=O)CCNc2ccc(N(C)C)cc2)cc1OC. The molecule has 140 valence electrons. The van der Waals surface area contributed by atoms with Gasteiger partial charge in [-0.05, 0) is 42.0 Å². The van der Waals surface area contributed by atoms with Crippen LogP contribution in [0, 0.1) is 0 Å². The van der Waals surface area contributed by atoms with Crippen molar-refractivity contribution in [3.05, 3.63) is 48.0 Å². The smallest absolute Gasteiger partial charge is 0.222 e. The summed E-state index contributed by atoms with van der Waals surface area (Å²) in [4.78, 5) is 14.1. The average molecular weight is 357 g/mol. The van der Waals surface area contributed by atoms with Crippen molar-refractivity contribution in [3.63, 3.8) is 0 Å². The molecule has 2 N–H and O–H groups in total. The Morgan fingerprint density at radius 3 is 2.31 bits per heavy atom. The fraction of sp³-hybridized carbons (Fsp3) is 0.350. The number of hydrogen-bond donors (Lipinski definition) is 2. The van der Waals surface area contributed by atoms with E-state index in [1.54, 1.807) is 14.2 Å². The first-order valence-corrected chi connectivity index (χ1v) is 8.52. The van der Waals surface area contributed by atoms with Gasteiger partial charge in [0.15, 0.2) is 11.5 Å². The molecule has 0 aliphatic carbocycles. The Balaban J connectivity index is 1.75. The molecule has 0 aromatic heterocycles. The lowest BCUT2D eigenvalue weighted by Gasteiger charge is -2.13. The monoisotopic (exact) mass is 357 g/mol. The lowest BCUT2D eigenvalue weighted by molar-refractivity contribution is -0.121. The molecule has 0 aliphatic rings. The summed E-state index contributed by atoms with van der Waals surface area (Å²) in [6.07, 6.45) is 0.405. The Morgan fingerprint density at radius 1 is 1.00 bits per heavy atom. The van der Waals surface area contributed by atoms with Crippen molar-refractivity contribution >= 4 is 17.3 Å². The van der Waals surface area contributed by atoms with E-state index in [-0.39, 0.29) is 5.91 Å². The lowest BCUT2D eigenvalue weighted by atomic mass is 10.2. The quantitative estimate of drug-likeness (QED) is 0.723. The molecular weight excluding hydrogens is 330 g/mol. The third-order valence-corrected chi connectivity index (χ3v) is 4.00. The number of carbonyl (C=O) groups excluding carboxylic acids is 1. The van der Waals surface area contributed by atoms with E-state index in [9.17, 15) is 4.79 Å². The summed E-state index contributed by atoms with van der Waals surface area (Å²) in [6.45, 7) is 1.04. The van der Waals surface area contributed by atoms with Crippen LogP contribution in [0.25, 0.3) is 0 Å². The molecule has 0 bridgehead atoms. The average Bonchev–Trinajstić information content (AvgIpc) is 2.66. The van der Waals surface area contributed by atoms with Gasteiger partial charge in [-0.2, -0.15) is 0 Å². The molecular formula is C20H27N3O3. The normalized spacial score (nSPS) is 10.2. The number of nitrogens with zero attached hydrogens (tertiary/aromatic N) is 1. The molecule has 0 saturated heterocycles. The van der Waals surface area contributed by atoms with Crippen molar-refractivity contribution in [2.75, 3.05) is 45.1 Å². The fourth-order valence-corrected chi connectivity index (χ4v) is 2.48. The second-order valence-corrected chi connectivity index (χ2v) is 6.08. The molecule has 2 aromatic rings. The number of benzene rings is 2. The highest BCUT2D eigenvalue weighted by Crippen LogP contribution is 2.27. The van der Waals surface area contributed by atoms with Crippen molar-refractivity contribution in [1.82, 2.24) is 5.32 Å². The molecule has 26 heavy (non-hydrogen) atoms. The van der Waals surface area contributed by atoms with E-state index in [0.717, 1.165) is 16.9 Å². The van der Waals surface area contributed by atoms with Crippen molar-refractivity contribution in [1.29, 1.82) is 0 Å². The summed E-state index contributed by atoms with van der Waals surface area (Å²) in [5.41, 5.74) is 3.11. The van der Waals surface area contributed by atoms with Crippen molar-refractivity contribution in [2.24, 2.45) is 0 Å². The first kappa shape index (κ1) is 19.4. The number of anilines is 2. The van der Waals surface area contributed by atoms with Gasteiger partial charge in [-0.3, -0.25) is 4.79 Å². The van der Waals surface area contributed by atoms with Crippen LogP contribution in [0.5, 0.6) is 11.5 Å². The van der Waals surface area contributed by atoms with Gasteiger partial charge in [0.25, 0.3) is 0 Å². The first-order valence-electron chi connectivity index (χ1n) is 8.52. The molecule has 2 rings (SSSR count). The van der Waals surface area contributed by atoms with Crippen LogP contribution >= 0.6 is 0 Å². The van der Waals surface area contributed by atoms with E-state index in [1.165, 1.54) is 0 Å². The summed E-state index contributed by atoms with van der Waals surface area (Å²) in [7, 11) is 7.20. The Bertz CT molecular complexity index is 715. The number of hydrogen-bond acceptors (Lipinski definition) is 5. The minimum atomic E-state index is -0.00260. The summed E-state index contributed by atoms with van der Waals surface area (Å²) in [5.74, 6) is 1.33. The molecule has 0 aliphatic heterocycles. The third kappa shape index (κ3) is 5.58. The van der Waals surface area contributed by atoms with Crippen molar-refractivity contribution in [2.45, 2.75) is 13.0 Å². The summed E-state index contributed by atoms with van der Waals surface area (Å²) in [6, 6.07) is 13.7. The molecule has 0 saturated carbocycles. The van der Waals surface area contributed by atoms with Crippen LogP contribution in [0.4, 0.5) is 11.4 Å². The molecule has 2 aromatic carbocycles. The molecule has 0 spiro atoms. The zero-order valence-corrected chi connectivity index (χ0v) is 15.8. The van der Waals surface area contributed by atoms with Crippen molar-refractivity contribution in [3.8, 4) is 11.5 Å². The molecule has 6 nitrogen and oxygen atoms in total. The fourth-order valence-electron chi connectivity index (χ4n) is 2.48. The van der Waals surface area contributed by atoms with Gasteiger partial charge >= 0.3 is 0 Å². The van der Waals surface area contributed by atoms with Gasteiger partial charge in [0.05, 0.1) is 14.2 Å². The second-order valence-electron chi connectivity index (χ2n) is 6.08. The van der Waals surface area contributed by atoms with Gasteiger partial charge in [0.1, 0.15) is 0 Å². The minimum absolute atomic E-state index is 0.00260. The number of amides is 1. The maximum Gasteiger partial charge on any atom is 0.222 e. The topological polar surface area (TPSA) is 62.8 Å². The van der Waals surface area contributed by atoms with Crippen LogP contribution in [0.1, 0.15) is 12.0 Å². The Labute approximate surface area is 155 Å². The molecule has 6 heteroatoms. The molecule has 1 amide bonds. The van der Waals surface area contributed by atoms with Crippen LogP contribution in [-0.4, -0.2) is 40.8 Å². The summed E-state index contributed by atoms with van der Waals surface area (Å²) in [5, 5.41) is 6.17. The largest absolute Gasteiger partial charge is 0.493 e. The van der Waals surface area contributed by atoms with Gasteiger partial charge in [-0.15, -0.1) is 0 Å². The Kier molecular flexibility index (Phi) is 7.14. The van der Waals surface area contributed by atoms with Crippen LogP contribution in [0.2, 0.25) is 0 Å². The maximum atomic E-state index is 12.0. The predicted octanol–water partition coefficient (Wildman–Crippen LogP) is 2.89. The predicted molar refractivity (Wildman–Crippen MR) is 105 cm³/mol. The summed E-state index contributed by atoms with van der Waals surface area (Å²) >= 11 is 0. The van der Waals surface area contributed by atoms with Gasteiger partial charge in [0, 0.05) is 45.0 Å². The molecule has 0 unspecified atom stereocenters. The highest BCUT2D eigenvalue weighted by molar-refractivity contribution is 5.76. The Morgan fingerprint density at radius 2 is 1.69 bits per heavy atom. The zero-order chi connectivity index (χ0) is 18.9. The number of nitrogens with one attached hydrogen (secondary N) is 2. The van der Waals surface area contributed by atoms with Gasteiger partial charge in [-0.1, -0.05) is 6.07 Å². The molecule has 0 radical (unpaired) electrons. The van der Waals surface area contributed by atoms with Gasteiger partial charge in [-0.25, -0.2) is 0 Å². The lowest BCUT2D eigenvalue weighted by Crippen LogP contribution is -2.24. The van der Waals surface area contributed by atoms with Crippen LogP contribution in [-0.2, 0) is 11.3 Å². The van der Waals surface area contributed by atoms with Crippen molar-refractivity contribution < 1.29 is 14.3 Å². The van der Waals surface area contributed by atoms with E-state index in [1.807, 2.05) is 61.5 Å². The van der Waals surface area contributed by atoms with Crippen LogP contribution < -0.4 is 25.0 Å². The molecule has 0 fully saturated rings. The highest BCUT2D eigenvalue weighted by atomic mass is 16.5. The van der Waals surface area contributed by atoms with E-state index in [4.69, 9.17) is 9.47 Å². The van der Waals surface area contributed by atoms with Gasteiger partial charge < -0.3 is 25.0 Å². The summed E-state index contributed by atoms with van der Waals surface area (Å²) < 4.78 is 10.5. The maximum absolute atomic E-state index is 12.0. The minimum Gasteiger partial charge on any atom is -0.493 e. The van der Waals surface area contributed by atoms with Crippen LogP contribution in [0.3, 0.4) is 0 Å². The van der Waals surface area contributed by atoms with E-state index in [2.05, 4.69) is 10.6 Å². The number of rotatable bonds is 9. The van der Waals surface area contributed by atoms with Gasteiger partial charge in [0.2, 0.25) is 5.91 Å². The third-order valence-electron chi connectivity index (χ3n) is 4.00. The van der Waals surface area contributed by atoms with Crippen LogP contribution in [0.15, 0.2) is 42.5 Å². The Hall–Kier alpha value is -2.89. The van der Waals surface area contributed by atoms with E-state index >= 15 is 0 Å². The number of ether oxygens (including phenoxy) is 2. The van der Waals surface area contributed by atoms with E-state index < -0.39 is 0 Å². The molecule has 0 heterocycles.